The van der Waals surface area contributed by atoms with Crippen molar-refractivity contribution in [2.75, 3.05) is 11.9 Å². The second-order valence-electron chi connectivity index (χ2n) is 5.00. The Bertz CT molecular complexity index is 662. The molecule has 5 heteroatoms. The van der Waals surface area contributed by atoms with Crippen LogP contribution in [0.15, 0.2) is 42.6 Å². The van der Waals surface area contributed by atoms with Crippen molar-refractivity contribution in [1.29, 1.82) is 0 Å². The first-order valence-corrected chi connectivity index (χ1v) is 7.64. The number of nitrogens with zero attached hydrogens (tertiary/aromatic N) is 1. The first-order valence-electron chi connectivity index (χ1n) is 7.64. The molecule has 5 nitrogen and oxygen atoms in total. The maximum Gasteiger partial charge on any atom is 0.357 e. The van der Waals surface area contributed by atoms with E-state index in [0.717, 1.165) is 29.7 Å². The normalized spacial score (nSPS) is 10.2. The predicted octanol–water partition coefficient (Wildman–Crippen LogP) is 3.00. The zero-order chi connectivity index (χ0) is 16.7. The van der Waals surface area contributed by atoms with Crippen LogP contribution in [0, 0.1) is 0 Å². The molecule has 1 heterocycles. The summed E-state index contributed by atoms with van der Waals surface area (Å²) in [5.41, 5.74) is 3.13. The number of aryl methyl sites for hydroxylation is 2. The summed E-state index contributed by atoms with van der Waals surface area (Å²) in [5.74, 6) is -0.967. The molecule has 0 fully saturated rings. The molecular formula is C18H20N2O3. The third-order valence-electron chi connectivity index (χ3n) is 3.47. The van der Waals surface area contributed by atoms with Crippen LogP contribution in [0.1, 0.15) is 35.5 Å². The van der Waals surface area contributed by atoms with Crippen LogP contribution in [0.5, 0.6) is 0 Å². The van der Waals surface area contributed by atoms with Crippen LogP contribution < -0.4 is 5.32 Å². The molecule has 1 N–H and O–H groups in total. The number of carbonyl (C=O) groups excluding carboxylic acids is 2. The van der Waals surface area contributed by atoms with E-state index in [1.54, 1.807) is 18.2 Å². The van der Waals surface area contributed by atoms with Crippen molar-refractivity contribution in [2.24, 2.45) is 0 Å². The van der Waals surface area contributed by atoms with Crippen molar-refractivity contribution in [2.45, 2.75) is 26.7 Å². The summed E-state index contributed by atoms with van der Waals surface area (Å²) in [6, 6.07) is 10.9. The van der Waals surface area contributed by atoms with E-state index < -0.39 is 5.97 Å². The maximum absolute atomic E-state index is 12.1. The summed E-state index contributed by atoms with van der Waals surface area (Å²) in [6.07, 6.45) is 3.13. The molecule has 1 aromatic carbocycles. The standard InChI is InChI=1S/C18H20N2O3/c1-3-13-8-7-9-14(4-2)17(13)20-16(21)12-23-18(22)15-10-5-6-11-19-15/h5-11H,3-4,12H2,1-2H3,(H,20,21). The van der Waals surface area contributed by atoms with Crippen molar-refractivity contribution in [1.82, 2.24) is 4.98 Å². The lowest BCUT2D eigenvalue weighted by molar-refractivity contribution is -0.119. The molecule has 120 valence electrons. The van der Waals surface area contributed by atoms with Gasteiger partial charge in [-0.25, -0.2) is 9.78 Å². The SMILES string of the molecule is CCc1cccc(CC)c1NC(=O)COC(=O)c1ccccn1. The lowest BCUT2D eigenvalue weighted by atomic mass is 10.0. The Labute approximate surface area is 135 Å². The minimum absolute atomic E-state index is 0.184. The molecule has 0 spiro atoms. The Morgan fingerprint density at radius 3 is 2.30 bits per heavy atom. The summed E-state index contributed by atoms with van der Waals surface area (Å²) in [5, 5.41) is 2.85. The summed E-state index contributed by atoms with van der Waals surface area (Å²) >= 11 is 0. The molecule has 0 saturated carbocycles. The molecule has 0 aliphatic rings. The summed E-state index contributed by atoms with van der Waals surface area (Å²) in [6.45, 7) is 3.73. The van der Waals surface area contributed by atoms with Crippen LogP contribution in [-0.4, -0.2) is 23.5 Å². The molecule has 1 aromatic heterocycles. The molecule has 0 atom stereocenters. The lowest BCUT2D eigenvalue weighted by Gasteiger charge is -2.14. The highest BCUT2D eigenvalue weighted by molar-refractivity contribution is 5.95. The molecule has 0 unspecified atom stereocenters. The van der Waals surface area contributed by atoms with Gasteiger partial charge in [0.05, 0.1) is 0 Å². The number of hydrogen-bond donors (Lipinski definition) is 1. The third kappa shape index (κ3) is 4.39. The van der Waals surface area contributed by atoms with Gasteiger partial charge in [0.15, 0.2) is 6.61 Å². The van der Waals surface area contributed by atoms with E-state index in [1.165, 1.54) is 6.20 Å². The fourth-order valence-corrected chi connectivity index (χ4v) is 2.27. The molecule has 0 aliphatic heterocycles. The Morgan fingerprint density at radius 2 is 1.74 bits per heavy atom. The van der Waals surface area contributed by atoms with Gasteiger partial charge in [0.1, 0.15) is 5.69 Å². The maximum atomic E-state index is 12.1. The van der Waals surface area contributed by atoms with Crippen LogP contribution >= 0.6 is 0 Å². The van der Waals surface area contributed by atoms with Gasteiger partial charge in [0.25, 0.3) is 5.91 Å². The van der Waals surface area contributed by atoms with Crippen LogP contribution in [0.3, 0.4) is 0 Å². The number of rotatable bonds is 6. The highest BCUT2D eigenvalue weighted by atomic mass is 16.5. The van der Waals surface area contributed by atoms with Crippen molar-refractivity contribution >= 4 is 17.6 Å². The third-order valence-corrected chi connectivity index (χ3v) is 3.47. The zero-order valence-electron chi connectivity index (χ0n) is 13.3. The molecule has 0 saturated heterocycles. The number of para-hydroxylation sites is 1. The highest BCUT2D eigenvalue weighted by Gasteiger charge is 2.13. The second-order valence-corrected chi connectivity index (χ2v) is 5.00. The summed E-state index contributed by atoms with van der Waals surface area (Å²) in [7, 11) is 0. The van der Waals surface area contributed by atoms with Gasteiger partial charge in [-0.05, 0) is 36.1 Å². The molecule has 23 heavy (non-hydrogen) atoms. The van der Waals surface area contributed by atoms with E-state index in [2.05, 4.69) is 10.3 Å². The number of pyridine rings is 1. The number of carbonyl (C=O) groups is 2. The molecule has 0 radical (unpaired) electrons. The monoisotopic (exact) mass is 312 g/mol. The van der Waals surface area contributed by atoms with Crippen molar-refractivity contribution < 1.29 is 14.3 Å². The lowest BCUT2D eigenvalue weighted by Crippen LogP contribution is -2.22. The minimum atomic E-state index is -0.611. The van der Waals surface area contributed by atoms with Gasteiger partial charge in [-0.1, -0.05) is 38.1 Å². The zero-order valence-corrected chi connectivity index (χ0v) is 13.3. The number of anilines is 1. The first-order chi connectivity index (χ1) is 11.2. The highest BCUT2D eigenvalue weighted by Crippen LogP contribution is 2.22. The Balaban J connectivity index is 1.99. The van der Waals surface area contributed by atoms with E-state index in [1.807, 2.05) is 32.0 Å². The largest absolute Gasteiger partial charge is 0.451 e. The summed E-state index contributed by atoms with van der Waals surface area (Å²) < 4.78 is 5.00. The number of nitrogens with one attached hydrogen (secondary N) is 1. The molecule has 0 aliphatic carbocycles. The number of ether oxygens (including phenoxy) is 1. The van der Waals surface area contributed by atoms with Crippen LogP contribution in [0.2, 0.25) is 0 Å². The molecule has 0 bridgehead atoms. The van der Waals surface area contributed by atoms with Crippen LogP contribution in [0.25, 0.3) is 0 Å². The smallest absolute Gasteiger partial charge is 0.357 e. The van der Waals surface area contributed by atoms with Gasteiger partial charge >= 0.3 is 5.97 Å². The van der Waals surface area contributed by atoms with Crippen molar-refractivity contribution in [3.05, 3.63) is 59.4 Å². The number of amides is 1. The van der Waals surface area contributed by atoms with Crippen LogP contribution in [0.4, 0.5) is 5.69 Å². The Kier molecular flexibility index (Phi) is 5.86. The molecule has 2 aromatic rings. The van der Waals surface area contributed by atoms with Gasteiger partial charge in [-0.3, -0.25) is 4.79 Å². The predicted molar refractivity (Wildman–Crippen MR) is 88.3 cm³/mol. The minimum Gasteiger partial charge on any atom is -0.451 e. The van der Waals surface area contributed by atoms with Gasteiger partial charge in [-0.2, -0.15) is 0 Å². The Hall–Kier alpha value is -2.69. The summed E-state index contributed by atoms with van der Waals surface area (Å²) in [4.78, 5) is 27.7. The van der Waals surface area contributed by atoms with Gasteiger partial charge in [0.2, 0.25) is 0 Å². The van der Waals surface area contributed by atoms with E-state index in [4.69, 9.17) is 4.74 Å². The van der Waals surface area contributed by atoms with Gasteiger partial charge in [-0.15, -0.1) is 0 Å². The fourth-order valence-electron chi connectivity index (χ4n) is 2.27. The molecule has 1 amide bonds. The fraction of sp³-hybridized carbons (Fsp3) is 0.278. The van der Waals surface area contributed by atoms with E-state index in [0.29, 0.717) is 0 Å². The van der Waals surface area contributed by atoms with Crippen LogP contribution in [-0.2, 0) is 22.4 Å². The second kappa shape index (κ2) is 8.08. The quantitative estimate of drug-likeness (QED) is 0.833. The molecule has 2 rings (SSSR count). The number of benzene rings is 1. The van der Waals surface area contributed by atoms with Gasteiger partial charge < -0.3 is 10.1 Å². The van der Waals surface area contributed by atoms with E-state index in [9.17, 15) is 9.59 Å². The average molecular weight is 312 g/mol. The Morgan fingerprint density at radius 1 is 1.04 bits per heavy atom. The van der Waals surface area contributed by atoms with Crippen molar-refractivity contribution in [3.8, 4) is 0 Å². The number of esters is 1. The number of aromatic nitrogens is 1. The molecular weight excluding hydrogens is 292 g/mol. The van der Waals surface area contributed by atoms with E-state index >= 15 is 0 Å². The topological polar surface area (TPSA) is 68.3 Å². The first kappa shape index (κ1) is 16.7. The number of hydrogen-bond acceptors (Lipinski definition) is 4. The van der Waals surface area contributed by atoms with Crippen molar-refractivity contribution in [3.63, 3.8) is 0 Å². The average Bonchev–Trinajstić information content (AvgIpc) is 2.60. The van der Waals surface area contributed by atoms with Gasteiger partial charge in [0, 0.05) is 11.9 Å². The van der Waals surface area contributed by atoms with E-state index in [-0.39, 0.29) is 18.2 Å².